The number of ether oxygens (including phenoxy) is 2. The lowest BCUT2D eigenvalue weighted by Crippen LogP contribution is -2.29. The summed E-state index contributed by atoms with van der Waals surface area (Å²) >= 11 is 0. The molecule has 2 saturated heterocycles. The van der Waals surface area contributed by atoms with Gasteiger partial charge in [-0.2, -0.15) is 0 Å². The van der Waals surface area contributed by atoms with Gasteiger partial charge in [0.25, 0.3) is 0 Å². The number of hydrogen-bond donors (Lipinski definition) is 3. The summed E-state index contributed by atoms with van der Waals surface area (Å²) in [6.45, 7) is 31.8. The predicted octanol–water partition coefficient (Wildman–Crippen LogP) is 7.10. The first kappa shape index (κ1) is 37.9. The fourth-order valence-electron chi connectivity index (χ4n) is 4.69. The average molecular weight is 519 g/mol. The van der Waals surface area contributed by atoms with E-state index in [1.807, 2.05) is 20.8 Å². The zero-order valence-electron chi connectivity index (χ0n) is 25.8. The lowest BCUT2D eigenvalue weighted by Gasteiger charge is -2.31. The standard InChI is InChI=1S/2C11H22O2.C8H18O.CH4/c1-7(12)10-6-9(8(2)13-10)11(3,4)5;1-7(11(3,4)5)10-6-9(12)8(2)13-10;1-6(7(2)9)8(3,4)5;/h2*7-10,12H,6H2,1-5H3;6-7,9H,1-5H3;1H4. The summed E-state index contributed by atoms with van der Waals surface area (Å²) in [5.41, 5.74) is 0.770. The van der Waals surface area contributed by atoms with Crippen LogP contribution in [0.3, 0.4) is 0 Å². The maximum atomic E-state index is 9.56. The van der Waals surface area contributed by atoms with Gasteiger partial charge in [0, 0.05) is 6.42 Å². The summed E-state index contributed by atoms with van der Waals surface area (Å²) in [5.74, 6) is 1.43. The molecule has 5 nitrogen and oxygen atoms in total. The van der Waals surface area contributed by atoms with Crippen molar-refractivity contribution >= 4 is 0 Å². The molecule has 5 heteroatoms. The highest BCUT2D eigenvalue weighted by Crippen LogP contribution is 2.40. The van der Waals surface area contributed by atoms with Crippen molar-refractivity contribution in [2.75, 3.05) is 0 Å². The van der Waals surface area contributed by atoms with Crippen LogP contribution in [0.4, 0.5) is 0 Å². The number of hydrogen-bond acceptors (Lipinski definition) is 5. The van der Waals surface area contributed by atoms with Crippen molar-refractivity contribution in [1.29, 1.82) is 0 Å². The zero-order valence-corrected chi connectivity index (χ0v) is 25.8. The molecule has 0 aromatic heterocycles. The Morgan fingerprint density at radius 1 is 0.694 bits per heavy atom. The Morgan fingerprint density at radius 3 is 1.33 bits per heavy atom. The Kier molecular flexibility index (Phi) is 15.6. The third-order valence-electron chi connectivity index (χ3n) is 8.51. The van der Waals surface area contributed by atoms with Gasteiger partial charge >= 0.3 is 0 Å². The molecule has 0 radical (unpaired) electrons. The second kappa shape index (κ2) is 14.8. The van der Waals surface area contributed by atoms with Crippen LogP contribution in [-0.4, -0.2) is 58.0 Å². The maximum absolute atomic E-state index is 9.56. The molecule has 0 spiro atoms. The van der Waals surface area contributed by atoms with Crippen LogP contribution >= 0.6 is 0 Å². The van der Waals surface area contributed by atoms with Gasteiger partial charge in [-0.05, 0) is 68.1 Å². The largest absolute Gasteiger partial charge is 0.393 e. The van der Waals surface area contributed by atoms with E-state index in [0.717, 1.165) is 12.8 Å². The highest BCUT2D eigenvalue weighted by molar-refractivity contribution is 4.89. The van der Waals surface area contributed by atoms with Crippen LogP contribution in [-0.2, 0) is 9.47 Å². The molecule has 0 aromatic rings. The van der Waals surface area contributed by atoms with E-state index in [2.05, 4.69) is 83.1 Å². The minimum atomic E-state index is -0.338. The van der Waals surface area contributed by atoms with Gasteiger partial charge in [0.2, 0.25) is 0 Å². The third kappa shape index (κ3) is 12.6. The first-order chi connectivity index (χ1) is 15.5. The molecular formula is C31H66O5. The molecule has 0 aromatic carbocycles. The van der Waals surface area contributed by atoms with Crippen LogP contribution in [0.2, 0.25) is 0 Å². The second-order valence-electron chi connectivity index (χ2n) is 14.6. The van der Waals surface area contributed by atoms with Crippen molar-refractivity contribution in [1.82, 2.24) is 0 Å². The van der Waals surface area contributed by atoms with Gasteiger partial charge < -0.3 is 24.8 Å². The average Bonchev–Trinajstić information content (AvgIpc) is 3.22. The van der Waals surface area contributed by atoms with E-state index >= 15 is 0 Å². The Bertz CT molecular complexity index is 571. The summed E-state index contributed by atoms with van der Waals surface area (Å²) in [6, 6.07) is 0. The van der Waals surface area contributed by atoms with E-state index < -0.39 is 0 Å². The van der Waals surface area contributed by atoms with Gasteiger partial charge in [-0.3, -0.25) is 0 Å². The SMILES string of the molecule is C.CC(O)C(C)C(C)(C)C.CC(O)C1CC(C(C)(C)C)C(C)O1.CC1OC(C(C)C(C)(C)C)CC1O. The maximum Gasteiger partial charge on any atom is 0.0838 e. The van der Waals surface area contributed by atoms with Gasteiger partial charge in [-0.25, -0.2) is 0 Å². The van der Waals surface area contributed by atoms with Gasteiger partial charge in [-0.15, -0.1) is 0 Å². The van der Waals surface area contributed by atoms with Crippen molar-refractivity contribution in [3.05, 3.63) is 0 Å². The molecule has 2 aliphatic heterocycles. The Hall–Kier alpha value is -0.200. The summed E-state index contributed by atoms with van der Waals surface area (Å²) < 4.78 is 11.4. The van der Waals surface area contributed by atoms with Crippen LogP contribution in [0.15, 0.2) is 0 Å². The summed E-state index contributed by atoms with van der Waals surface area (Å²) in [5, 5.41) is 28.1. The number of aliphatic hydroxyl groups excluding tert-OH is 3. The van der Waals surface area contributed by atoms with Crippen LogP contribution in [0, 0.1) is 34.0 Å². The predicted molar refractivity (Wildman–Crippen MR) is 154 cm³/mol. The Balaban J connectivity index is 0. The molecule has 0 bridgehead atoms. The smallest absolute Gasteiger partial charge is 0.0838 e. The summed E-state index contributed by atoms with van der Waals surface area (Å²) in [4.78, 5) is 0. The highest BCUT2D eigenvalue weighted by Gasteiger charge is 2.41. The molecule has 0 aliphatic carbocycles. The molecular weight excluding hydrogens is 452 g/mol. The second-order valence-corrected chi connectivity index (χ2v) is 14.6. The highest BCUT2D eigenvalue weighted by atomic mass is 16.5. The zero-order chi connectivity index (χ0) is 28.1. The normalized spacial score (nSPS) is 32.2. The van der Waals surface area contributed by atoms with Gasteiger partial charge in [-0.1, -0.05) is 83.6 Å². The topological polar surface area (TPSA) is 79.2 Å². The molecule has 2 heterocycles. The van der Waals surface area contributed by atoms with Crippen molar-refractivity contribution in [2.24, 2.45) is 34.0 Å². The van der Waals surface area contributed by atoms with Crippen LogP contribution in [0.25, 0.3) is 0 Å². The molecule has 36 heavy (non-hydrogen) atoms. The summed E-state index contributed by atoms with van der Waals surface area (Å²) in [6.07, 6.45) is 1.54. The van der Waals surface area contributed by atoms with Crippen molar-refractivity contribution in [2.45, 2.75) is 167 Å². The Morgan fingerprint density at radius 2 is 1.14 bits per heavy atom. The minimum absolute atomic E-state index is 0. The fourth-order valence-corrected chi connectivity index (χ4v) is 4.69. The van der Waals surface area contributed by atoms with E-state index in [1.165, 1.54) is 0 Å². The number of rotatable bonds is 3. The van der Waals surface area contributed by atoms with Crippen LogP contribution < -0.4 is 0 Å². The third-order valence-corrected chi connectivity index (χ3v) is 8.51. The van der Waals surface area contributed by atoms with E-state index in [4.69, 9.17) is 14.6 Å². The lowest BCUT2D eigenvalue weighted by atomic mass is 9.76. The van der Waals surface area contributed by atoms with Crippen molar-refractivity contribution in [3.63, 3.8) is 0 Å². The quantitative estimate of drug-likeness (QED) is 0.371. The minimum Gasteiger partial charge on any atom is -0.393 e. The first-order valence-corrected chi connectivity index (χ1v) is 13.8. The monoisotopic (exact) mass is 518 g/mol. The molecule has 220 valence electrons. The molecule has 2 aliphatic rings. The lowest BCUT2D eigenvalue weighted by molar-refractivity contribution is -0.0280. The van der Waals surface area contributed by atoms with E-state index in [1.54, 1.807) is 0 Å². The molecule has 0 saturated carbocycles. The van der Waals surface area contributed by atoms with Crippen LogP contribution in [0.1, 0.15) is 124 Å². The summed E-state index contributed by atoms with van der Waals surface area (Å²) in [7, 11) is 0. The van der Waals surface area contributed by atoms with E-state index in [-0.39, 0.29) is 66.4 Å². The molecule has 0 amide bonds. The molecule has 3 N–H and O–H groups in total. The first-order valence-electron chi connectivity index (χ1n) is 13.8. The molecule has 2 rings (SSSR count). The van der Waals surface area contributed by atoms with Crippen LogP contribution in [0.5, 0.6) is 0 Å². The van der Waals surface area contributed by atoms with E-state index in [9.17, 15) is 10.2 Å². The van der Waals surface area contributed by atoms with Crippen molar-refractivity contribution < 1.29 is 24.8 Å². The Labute approximate surface area is 225 Å². The van der Waals surface area contributed by atoms with Crippen molar-refractivity contribution in [3.8, 4) is 0 Å². The van der Waals surface area contributed by atoms with Gasteiger partial charge in [0.05, 0.1) is 42.7 Å². The fraction of sp³-hybridized carbons (Fsp3) is 1.00. The molecule has 10 atom stereocenters. The molecule has 10 unspecified atom stereocenters. The number of aliphatic hydroxyl groups is 3. The molecule has 2 fully saturated rings. The van der Waals surface area contributed by atoms with Gasteiger partial charge in [0.1, 0.15) is 0 Å². The van der Waals surface area contributed by atoms with Gasteiger partial charge in [0.15, 0.2) is 0 Å². The van der Waals surface area contributed by atoms with E-state index in [0.29, 0.717) is 17.8 Å².